The van der Waals surface area contributed by atoms with Crippen LogP contribution in [0.2, 0.25) is 0 Å². The van der Waals surface area contributed by atoms with Crippen molar-refractivity contribution in [3.63, 3.8) is 0 Å². The number of aromatic hydroxyl groups is 1. The van der Waals surface area contributed by atoms with Crippen molar-refractivity contribution in [1.82, 2.24) is 9.80 Å². The lowest BCUT2D eigenvalue weighted by Crippen LogP contribution is -2.69. The average Bonchev–Trinajstić information content (AvgIpc) is 3.42. The Morgan fingerprint density at radius 3 is 2.49 bits per heavy atom. The van der Waals surface area contributed by atoms with Crippen molar-refractivity contribution in [2.24, 2.45) is 11.8 Å². The Hall–Kier alpha value is -3.32. The first-order valence-electron chi connectivity index (χ1n) is 19.2. The third-order valence-corrected chi connectivity index (χ3v) is 11.8. The van der Waals surface area contributed by atoms with E-state index in [4.69, 9.17) is 9.47 Å². The summed E-state index contributed by atoms with van der Waals surface area (Å²) in [5.74, 6) is 1.54. The van der Waals surface area contributed by atoms with Gasteiger partial charge in [-0.15, -0.1) is 6.58 Å². The van der Waals surface area contributed by atoms with Crippen LogP contribution in [0.4, 0.5) is 0 Å². The molecule has 266 valence electrons. The molecule has 0 aromatic heterocycles. The number of carbonyl (C=O) groups excluding carboxylic acids is 2. The molecule has 1 N–H and O–H groups in total. The molecule has 2 aromatic rings. The van der Waals surface area contributed by atoms with Gasteiger partial charge in [0.2, 0.25) is 5.91 Å². The predicted molar refractivity (Wildman–Crippen MR) is 194 cm³/mol. The number of amides is 1. The molecule has 0 radical (unpaired) electrons. The summed E-state index contributed by atoms with van der Waals surface area (Å²) < 4.78 is 12.7. The number of carbonyl (C=O) groups is 2. The molecule has 5 atom stereocenters. The van der Waals surface area contributed by atoms with Crippen LogP contribution in [0.3, 0.4) is 0 Å². The summed E-state index contributed by atoms with van der Waals surface area (Å²) in [5.41, 5.74) is 3.05. The van der Waals surface area contributed by atoms with E-state index in [0.717, 1.165) is 62.7 Å². The maximum Gasteiger partial charge on any atom is 0.308 e. The lowest BCUT2D eigenvalue weighted by Gasteiger charge is -2.60. The summed E-state index contributed by atoms with van der Waals surface area (Å²) in [4.78, 5) is 31.0. The first kappa shape index (κ1) is 35.5. The third-order valence-electron chi connectivity index (χ3n) is 11.8. The molecular formula is C42H58N2O5. The zero-order valence-corrected chi connectivity index (χ0v) is 30.1. The summed E-state index contributed by atoms with van der Waals surface area (Å²) in [6.45, 7) is 12.2. The van der Waals surface area contributed by atoms with Gasteiger partial charge in [0.15, 0.2) is 11.5 Å². The van der Waals surface area contributed by atoms with Crippen LogP contribution in [-0.4, -0.2) is 64.6 Å². The van der Waals surface area contributed by atoms with Crippen molar-refractivity contribution in [3.8, 4) is 17.2 Å². The van der Waals surface area contributed by atoms with E-state index >= 15 is 0 Å². The molecule has 7 heteroatoms. The van der Waals surface area contributed by atoms with Gasteiger partial charge in [0.25, 0.3) is 0 Å². The molecule has 6 rings (SSSR count). The minimum atomic E-state index is -0.436. The largest absolute Gasteiger partial charge is 0.508 e. The van der Waals surface area contributed by atoms with Gasteiger partial charge in [-0.1, -0.05) is 88.8 Å². The van der Waals surface area contributed by atoms with Gasteiger partial charge >= 0.3 is 5.97 Å². The van der Waals surface area contributed by atoms with Crippen molar-refractivity contribution < 1.29 is 24.2 Å². The van der Waals surface area contributed by atoms with Crippen LogP contribution < -0.4 is 9.47 Å². The maximum atomic E-state index is 14.1. The molecule has 2 fully saturated rings. The maximum absolute atomic E-state index is 14.1. The standard InChI is InChI=1S/C42H58N2O5/c1-5-24-43-25-23-42-33-21-22-34(41(42)49-40-37(48-30(4)45)27-36(46)32(39(40)42)26-35(33)43)44(28-29(2)3)38(47)20-16-11-9-7-6-8-10-13-17-31-18-14-12-15-19-31/h5,12,14-15,18-19,27,29,33-35,41,46H,1,6-11,13,16-17,20-26,28H2,2-4H3/t33-,34+,35+,41-,42-/m0/s1. The Bertz CT molecular complexity index is 1470. The third kappa shape index (κ3) is 7.29. The molecule has 4 aliphatic rings. The average molecular weight is 671 g/mol. The van der Waals surface area contributed by atoms with E-state index in [1.54, 1.807) is 6.07 Å². The Balaban J connectivity index is 1.12. The highest BCUT2D eigenvalue weighted by Gasteiger charge is 2.67. The quantitative estimate of drug-likeness (QED) is 0.0792. The van der Waals surface area contributed by atoms with E-state index < -0.39 is 5.97 Å². The second-order valence-electron chi connectivity index (χ2n) is 15.6. The van der Waals surface area contributed by atoms with E-state index in [1.165, 1.54) is 57.4 Å². The van der Waals surface area contributed by atoms with Crippen molar-refractivity contribution in [1.29, 1.82) is 0 Å². The number of hydrogen-bond acceptors (Lipinski definition) is 6. The number of hydrogen-bond donors (Lipinski definition) is 1. The molecule has 1 amide bonds. The number of ether oxygens (including phenoxy) is 2. The molecule has 0 unspecified atom stereocenters. The number of unbranched alkanes of at least 4 members (excludes halogenated alkanes) is 7. The van der Waals surface area contributed by atoms with Crippen molar-refractivity contribution in [2.45, 2.75) is 134 Å². The van der Waals surface area contributed by atoms with Gasteiger partial charge in [-0.05, 0) is 68.9 Å². The number of esters is 1. The Labute approximate surface area is 294 Å². The van der Waals surface area contributed by atoms with Crippen LogP contribution >= 0.6 is 0 Å². The van der Waals surface area contributed by atoms with Crippen LogP contribution in [-0.2, 0) is 27.8 Å². The number of rotatable bonds is 17. The fourth-order valence-corrected chi connectivity index (χ4v) is 9.86. The molecule has 2 aliphatic carbocycles. The lowest BCUT2D eigenvalue weighted by atomic mass is 9.50. The SMILES string of the molecule is C=CCN1CC[C@]23c4c5c(O)cc(OC(C)=O)c4O[C@H]2[C@H](N(CC(C)C)C(=O)CCCCCCCCCCc2ccccc2)CC[C@H]3[C@H]1C5. The van der Waals surface area contributed by atoms with Crippen LogP contribution in [0, 0.1) is 11.8 Å². The summed E-state index contributed by atoms with van der Waals surface area (Å²) in [5, 5.41) is 11.3. The molecule has 49 heavy (non-hydrogen) atoms. The number of aryl methyl sites for hydroxylation is 1. The van der Waals surface area contributed by atoms with Gasteiger partial charge in [0, 0.05) is 55.1 Å². The number of phenolic OH excluding ortho intramolecular Hbond substituents is 1. The fourth-order valence-electron chi connectivity index (χ4n) is 9.86. The second-order valence-corrected chi connectivity index (χ2v) is 15.6. The summed E-state index contributed by atoms with van der Waals surface area (Å²) in [6, 6.07) is 12.5. The number of nitrogens with zero attached hydrogens (tertiary/aromatic N) is 2. The minimum Gasteiger partial charge on any atom is -0.508 e. The van der Waals surface area contributed by atoms with Gasteiger partial charge in [0.05, 0.1) is 6.04 Å². The monoisotopic (exact) mass is 670 g/mol. The zero-order valence-electron chi connectivity index (χ0n) is 30.1. The van der Waals surface area contributed by atoms with Crippen LogP contribution in [0.25, 0.3) is 0 Å². The highest BCUT2D eigenvalue weighted by molar-refractivity contribution is 5.77. The Morgan fingerprint density at radius 1 is 1.08 bits per heavy atom. The summed E-state index contributed by atoms with van der Waals surface area (Å²) in [7, 11) is 0. The van der Waals surface area contributed by atoms with E-state index in [9.17, 15) is 14.7 Å². The van der Waals surface area contributed by atoms with Gasteiger partial charge in [0.1, 0.15) is 11.9 Å². The van der Waals surface area contributed by atoms with E-state index in [0.29, 0.717) is 36.3 Å². The molecule has 1 saturated carbocycles. The van der Waals surface area contributed by atoms with E-state index in [2.05, 4.69) is 60.6 Å². The Morgan fingerprint density at radius 2 is 1.80 bits per heavy atom. The summed E-state index contributed by atoms with van der Waals surface area (Å²) in [6.07, 6.45) is 16.5. The predicted octanol–water partition coefficient (Wildman–Crippen LogP) is 8.15. The highest BCUT2D eigenvalue weighted by atomic mass is 16.6. The topological polar surface area (TPSA) is 79.3 Å². The minimum absolute atomic E-state index is 0.0701. The molecule has 1 saturated heterocycles. The molecule has 2 aromatic carbocycles. The van der Waals surface area contributed by atoms with Crippen molar-refractivity contribution in [3.05, 3.63) is 65.7 Å². The summed E-state index contributed by atoms with van der Waals surface area (Å²) >= 11 is 0. The van der Waals surface area contributed by atoms with Gasteiger partial charge in [-0.2, -0.15) is 0 Å². The molecule has 1 spiro atoms. The first-order chi connectivity index (χ1) is 23.7. The molecular weight excluding hydrogens is 612 g/mol. The normalized spacial score (nSPS) is 25.1. The van der Waals surface area contributed by atoms with Crippen LogP contribution in [0.5, 0.6) is 17.2 Å². The zero-order chi connectivity index (χ0) is 34.5. The molecule has 2 aliphatic heterocycles. The highest BCUT2D eigenvalue weighted by Crippen LogP contribution is 2.65. The molecule has 2 heterocycles. The van der Waals surface area contributed by atoms with Crippen molar-refractivity contribution >= 4 is 11.9 Å². The van der Waals surface area contributed by atoms with E-state index in [1.807, 2.05) is 6.08 Å². The molecule has 7 nitrogen and oxygen atoms in total. The van der Waals surface area contributed by atoms with Gasteiger partial charge < -0.3 is 19.5 Å². The van der Waals surface area contributed by atoms with Gasteiger partial charge in [-0.3, -0.25) is 14.5 Å². The smallest absolute Gasteiger partial charge is 0.308 e. The number of phenols is 1. The number of likely N-dealkylation sites (tertiary alicyclic amines) is 1. The van der Waals surface area contributed by atoms with Gasteiger partial charge in [-0.25, -0.2) is 0 Å². The van der Waals surface area contributed by atoms with Crippen LogP contribution in [0.1, 0.15) is 115 Å². The first-order valence-corrected chi connectivity index (χ1v) is 19.2. The fraction of sp³-hybridized carbons (Fsp3) is 0.619. The van der Waals surface area contributed by atoms with Crippen molar-refractivity contribution in [2.75, 3.05) is 19.6 Å². The second kappa shape index (κ2) is 15.7. The lowest BCUT2D eigenvalue weighted by molar-refractivity contribution is -0.143. The molecule has 2 bridgehead atoms. The van der Waals surface area contributed by atoms with Crippen LogP contribution in [0.15, 0.2) is 49.1 Å². The van der Waals surface area contributed by atoms with E-state index in [-0.39, 0.29) is 35.3 Å². The number of piperidine rings is 1. The number of benzene rings is 2. The Kier molecular flexibility index (Phi) is 11.4.